The van der Waals surface area contributed by atoms with Crippen molar-refractivity contribution < 1.29 is 37.3 Å². The van der Waals surface area contributed by atoms with Crippen LogP contribution in [0.3, 0.4) is 0 Å². The second-order valence-corrected chi connectivity index (χ2v) is 22.5. The Morgan fingerprint density at radius 1 is 0.507 bits per heavy atom. The standard InChI is InChI=1S/C61H113N2O7P/c1-7-10-13-16-19-22-25-28-30-31-32-33-34-36-39-42-45-48-51-54-61(65)70-59(52-49-46-43-40-37-27-24-21-18-15-12-9-3)58(57-69-71(66,67)68-56-55-63(4,5)6)62-60(64)53-50-47-44-41-38-35-29-26-23-20-17-14-11-8-2/h11,14,19-20,22-23,28,30,49,52,58-59H,7-10,12-13,15-18,21,24-27,29,31-48,50-51,53-57H2,1-6H3,(H-,62,64,66,67)/b14-11+,22-19-,23-20+,30-28-,52-49+. The molecule has 0 bridgehead atoms. The first-order valence-corrected chi connectivity index (χ1v) is 31.1. The van der Waals surface area contributed by atoms with Crippen LogP contribution in [0.4, 0.5) is 0 Å². The summed E-state index contributed by atoms with van der Waals surface area (Å²) < 4.78 is 30.3. The topological polar surface area (TPSA) is 114 Å². The van der Waals surface area contributed by atoms with Gasteiger partial charge in [-0.05, 0) is 89.5 Å². The Labute approximate surface area is 439 Å². The van der Waals surface area contributed by atoms with Crippen molar-refractivity contribution in [1.29, 1.82) is 0 Å². The van der Waals surface area contributed by atoms with Crippen LogP contribution in [-0.2, 0) is 27.9 Å². The van der Waals surface area contributed by atoms with Gasteiger partial charge in [-0.15, -0.1) is 0 Å². The van der Waals surface area contributed by atoms with Crippen LogP contribution in [0.2, 0.25) is 0 Å². The minimum atomic E-state index is -4.70. The number of nitrogens with one attached hydrogen (secondary N) is 1. The summed E-state index contributed by atoms with van der Waals surface area (Å²) in [6.07, 6.45) is 63.2. The zero-order chi connectivity index (χ0) is 52.2. The van der Waals surface area contributed by atoms with Gasteiger partial charge in [0, 0.05) is 12.8 Å². The Morgan fingerprint density at radius 3 is 1.37 bits per heavy atom. The van der Waals surface area contributed by atoms with Gasteiger partial charge in [0.05, 0.1) is 33.8 Å². The Hall–Kier alpha value is -2.29. The molecular weight excluding hydrogens is 904 g/mol. The number of amides is 1. The molecule has 0 saturated heterocycles. The van der Waals surface area contributed by atoms with Crippen molar-refractivity contribution >= 4 is 19.7 Å². The number of nitrogens with zero attached hydrogens (tertiary/aromatic N) is 1. The molecule has 0 aliphatic heterocycles. The van der Waals surface area contributed by atoms with E-state index >= 15 is 0 Å². The molecule has 0 radical (unpaired) electrons. The maximum atomic E-state index is 13.5. The van der Waals surface area contributed by atoms with E-state index in [1.54, 1.807) is 0 Å². The number of hydrogen-bond acceptors (Lipinski definition) is 7. The lowest BCUT2D eigenvalue weighted by Gasteiger charge is -2.30. The normalized spacial score (nSPS) is 14.2. The number of quaternary nitrogens is 1. The predicted octanol–water partition coefficient (Wildman–Crippen LogP) is 17.3. The molecule has 3 atom stereocenters. The lowest BCUT2D eigenvalue weighted by Crippen LogP contribution is -2.47. The van der Waals surface area contributed by atoms with Crippen LogP contribution < -0.4 is 10.2 Å². The zero-order valence-electron chi connectivity index (χ0n) is 47.2. The lowest BCUT2D eigenvalue weighted by atomic mass is 10.0. The molecule has 0 rings (SSSR count). The molecule has 0 aromatic rings. The smallest absolute Gasteiger partial charge is 0.306 e. The zero-order valence-corrected chi connectivity index (χ0v) is 48.1. The molecule has 1 N–H and O–H groups in total. The second kappa shape index (κ2) is 51.2. The van der Waals surface area contributed by atoms with Gasteiger partial charge >= 0.3 is 5.97 Å². The molecular formula is C61H113N2O7P. The lowest BCUT2D eigenvalue weighted by molar-refractivity contribution is -0.870. The van der Waals surface area contributed by atoms with Gasteiger partial charge in [0.1, 0.15) is 19.3 Å². The third-order valence-electron chi connectivity index (χ3n) is 12.9. The van der Waals surface area contributed by atoms with Crippen molar-refractivity contribution in [3.8, 4) is 0 Å². The molecule has 71 heavy (non-hydrogen) atoms. The molecule has 0 aromatic carbocycles. The highest BCUT2D eigenvalue weighted by Gasteiger charge is 2.27. The quantitative estimate of drug-likeness (QED) is 0.0212. The van der Waals surface area contributed by atoms with Crippen molar-refractivity contribution in [2.75, 3.05) is 40.9 Å². The minimum absolute atomic E-state index is 0.0258. The number of likely N-dealkylation sites (N-methyl/N-ethyl adjacent to an activating group) is 1. The summed E-state index contributed by atoms with van der Waals surface area (Å²) in [7, 11) is 1.17. The van der Waals surface area contributed by atoms with E-state index in [4.69, 9.17) is 13.8 Å². The number of esters is 1. The number of allylic oxidation sites excluding steroid dienone is 9. The summed E-state index contributed by atoms with van der Waals surface area (Å²) >= 11 is 0. The molecule has 1 amide bonds. The highest BCUT2D eigenvalue weighted by atomic mass is 31.2. The van der Waals surface area contributed by atoms with E-state index in [1.807, 2.05) is 33.3 Å². The van der Waals surface area contributed by atoms with E-state index in [1.165, 1.54) is 128 Å². The van der Waals surface area contributed by atoms with Gasteiger partial charge in [-0.1, -0.05) is 223 Å². The van der Waals surface area contributed by atoms with Crippen LogP contribution in [0.15, 0.2) is 60.8 Å². The third kappa shape index (κ3) is 52.4. The van der Waals surface area contributed by atoms with Crippen molar-refractivity contribution in [2.45, 2.75) is 277 Å². The highest BCUT2D eigenvalue weighted by Crippen LogP contribution is 2.38. The predicted molar refractivity (Wildman–Crippen MR) is 302 cm³/mol. The average Bonchev–Trinajstić information content (AvgIpc) is 3.33. The molecule has 9 nitrogen and oxygen atoms in total. The van der Waals surface area contributed by atoms with E-state index in [-0.39, 0.29) is 24.9 Å². The van der Waals surface area contributed by atoms with Crippen LogP contribution >= 0.6 is 7.82 Å². The molecule has 3 unspecified atom stereocenters. The number of carbonyl (C=O) groups is 2. The first kappa shape index (κ1) is 68.7. The SMILES string of the molecule is CC/C=C/C/C=C/CCCCCCCCCC(=O)NC(COP(=O)([O-])OCC[N+](C)(C)C)C(/C=C/CCCCCCCCCCCC)OC(=O)CCCCCCCCCCC/C=C\C/C=C\CCCCC. The van der Waals surface area contributed by atoms with Crippen LogP contribution in [0.5, 0.6) is 0 Å². The van der Waals surface area contributed by atoms with Crippen LogP contribution in [0.25, 0.3) is 0 Å². The van der Waals surface area contributed by atoms with Gasteiger partial charge < -0.3 is 28.5 Å². The number of phosphoric ester groups is 1. The number of hydrogen-bond donors (Lipinski definition) is 1. The third-order valence-corrected chi connectivity index (χ3v) is 13.9. The molecule has 0 spiro atoms. The number of carbonyl (C=O) groups excluding carboxylic acids is 2. The summed E-state index contributed by atoms with van der Waals surface area (Å²) in [5.74, 6) is -0.553. The molecule has 0 fully saturated rings. The largest absolute Gasteiger partial charge is 0.756 e. The fourth-order valence-electron chi connectivity index (χ4n) is 8.35. The van der Waals surface area contributed by atoms with Gasteiger partial charge in [-0.3, -0.25) is 14.2 Å². The van der Waals surface area contributed by atoms with Gasteiger partial charge in [0.15, 0.2) is 0 Å². The summed E-state index contributed by atoms with van der Waals surface area (Å²) in [5, 5.41) is 3.02. The summed E-state index contributed by atoms with van der Waals surface area (Å²) in [5.41, 5.74) is 0. The first-order valence-electron chi connectivity index (χ1n) is 29.6. The monoisotopic (exact) mass is 1020 g/mol. The Kier molecular flexibility index (Phi) is 49.6. The number of ether oxygens (including phenoxy) is 1. The average molecular weight is 1020 g/mol. The minimum Gasteiger partial charge on any atom is -0.756 e. The van der Waals surface area contributed by atoms with E-state index < -0.39 is 26.6 Å². The van der Waals surface area contributed by atoms with Crippen molar-refractivity contribution in [1.82, 2.24) is 5.32 Å². The van der Waals surface area contributed by atoms with E-state index in [9.17, 15) is 19.0 Å². The maximum Gasteiger partial charge on any atom is 0.306 e. The molecule has 0 heterocycles. The van der Waals surface area contributed by atoms with E-state index in [2.05, 4.69) is 74.7 Å². The fourth-order valence-corrected chi connectivity index (χ4v) is 9.08. The Bertz CT molecular complexity index is 1400. The van der Waals surface area contributed by atoms with Gasteiger partial charge in [-0.2, -0.15) is 0 Å². The molecule has 0 aliphatic rings. The van der Waals surface area contributed by atoms with Crippen molar-refractivity contribution in [3.63, 3.8) is 0 Å². The maximum absolute atomic E-state index is 13.5. The van der Waals surface area contributed by atoms with Crippen molar-refractivity contribution in [3.05, 3.63) is 60.8 Å². The number of unbranched alkanes of at least 4 members (excludes halogenated alkanes) is 29. The van der Waals surface area contributed by atoms with Gasteiger partial charge in [0.25, 0.3) is 7.82 Å². The molecule has 0 saturated carbocycles. The molecule has 414 valence electrons. The highest BCUT2D eigenvalue weighted by molar-refractivity contribution is 7.45. The van der Waals surface area contributed by atoms with Crippen LogP contribution in [-0.4, -0.2) is 69.4 Å². The van der Waals surface area contributed by atoms with E-state index in [0.29, 0.717) is 17.4 Å². The Balaban J connectivity index is 5.29. The van der Waals surface area contributed by atoms with Gasteiger partial charge in [0.2, 0.25) is 5.91 Å². The van der Waals surface area contributed by atoms with Crippen LogP contribution in [0.1, 0.15) is 265 Å². The Morgan fingerprint density at radius 2 is 0.901 bits per heavy atom. The molecule has 0 aromatic heterocycles. The summed E-state index contributed by atoms with van der Waals surface area (Å²) in [4.78, 5) is 39.9. The summed E-state index contributed by atoms with van der Waals surface area (Å²) in [6.45, 7) is 6.71. The second-order valence-electron chi connectivity index (χ2n) is 21.1. The first-order chi connectivity index (χ1) is 34.4. The van der Waals surface area contributed by atoms with Crippen LogP contribution in [0, 0.1) is 0 Å². The number of phosphoric acid groups is 1. The van der Waals surface area contributed by atoms with E-state index in [0.717, 1.165) is 103 Å². The molecule has 10 heteroatoms. The molecule has 0 aliphatic carbocycles. The summed E-state index contributed by atoms with van der Waals surface area (Å²) in [6, 6.07) is -0.894. The number of rotatable bonds is 53. The van der Waals surface area contributed by atoms with Crippen molar-refractivity contribution in [2.24, 2.45) is 0 Å². The fraction of sp³-hybridized carbons (Fsp3) is 0.803. The van der Waals surface area contributed by atoms with Gasteiger partial charge in [-0.25, -0.2) is 0 Å².